The minimum absolute atomic E-state index is 0.0912. The lowest BCUT2D eigenvalue weighted by Gasteiger charge is -2.48. The molecular weight excluding hydrogens is 982 g/mol. The number of alkyl halides is 3. The molecule has 1 saturated heterocycles. The van der Waals surface area contributed by atoms with Crippen LogP contribution in [-0.2, 0) is 47.5 Å². The summed E-state index contributed by atoms with van der Waals surface area (Å²) in [5, 5.41) is 27.3. The molecule has 5 fully saturated rings. The number of sulfone groups is 1. The van der Waals surface area contributed by atoms with Crippen molar-refractivity contribution in [2.75, 3.05) is 19.3 Å². The van der Waals surface area contributed by atoms with Gasteiger partial charge >= 0.3 is 6.18 Å². The highest BCUT2D eigenvalue weighted by Crippen LogP contribution is 2.71. The number of aromatic amines is 2. The molecule has 7 heterocycles. The molecular formula is C55H55F3N12O4S. The van der Waals surface area contributed by atoms with Gasteiger partial charge in [-0.25, -0.2) is 8.42 Å². The molecule has 0 bridgehead atoms. The zero-order valence-electron chi connectivity index (χ0n) is 42.0. The molecule has 5 aliphatic rings. The molecule has 2 atom stereocenters. The van der Waals surface area contributed by atoms with Crippen LogP contribution in [0.15, 0.2) is 88.2 Å². The number of rotatable bonds is 11. The van der Waals surface area contributed by atoms with Gasteiger partial charge in [-0.15, -0.1) is 20.4 Å². The van der Waals surface area contributed by atoms with Crippen molar-refractivity contribution in [3.8, 4) is 17.4 Å². The summed E-state index contributed by atoms with van der Waals surface area (Å²) in [5.74, 6) is 1.28. The van der Waals surface area contributed by atoms with E-state index in [2.05, 4.69) is 54.3 Å². The number of nitrogens with zero attached hydrogens (tertiary/aromatic N) is 10. The maximum Gasteiger partial charge on any atom is 0.418 e. The highest BCUT2D eigenvalue weighted by Gasteiger charge is 2.64. The van der Waals surface area contributed by atoms with Crippen molar-refractivity contribution in [2.24, 2.45) is 25.4 Å². The van der Waals surface area contributed by atoms with Gasteiger partial charge in [0.05, 0.1) is 26.9 Å². The van der Waals surface area contributed by atoms with Crippen molar-refractivity contribution in [2.45, 2.75) is 111 Å². The van der Waals surface area contributed by atoms with E-state index in [1.54, 1.807) is 41.6 Å². The molecule has 386 valence electrons. The number of pyridine rings is 2. The second kappa shape index (κ2) is 16.4. The third-order valence-electron chi connectivity index (χ3n) is 17.5. The number of piperidine rings is 1. The van der Waals surface area contributed by atoms with E-state index < -0.39 is 48.9 Å². The average molecular weight is 1040 g/mol. The second-order valence-corrected chi connectivity index (χ2v) is 24.7. The van der Waals surface area contributed by atoms with Crippen molar-refractivity contribution in [3.63, 3.8) is 0 Å². The first-order chi connectivity index (χ1) is 35.8. The van der Waals surface area contributed by atoms with Gasteiger partial charge in [0, 0.05) is 73.3 Å². The Balaban J connectivity index is 1.01. The number of benzene rings is 2. The quantitative estimate of drug-likeness (QED) is 0.127. The molecule has 4 aliphatic carbocycles. The SMILES string of the molecule is Cn1cnnc1C1(c2cc(C3CC3c3cn(-c4cccc([C@]5(c6nncn6C)C[C@@H](C)C5)c4)c(=O)c4[nH]c(CN5CCCCC5)c(S(C)(=O)=O)c34)cc(-n3cc(C(F)(F)F)c4c(C#N)c[nH]c4c3=O)c2)CC2(CC2)C1. The third kappa shape index (κ3) is 7.42. The molecule has 2 N–H and O–H groups in total. The molecule has 13 rings (SSSR count). The number of H-pyrrole nitrogens is 2. The van der Waals surface area contributed by atoms with Crippen molar-refractivity contribution in [1.29, 1.82) is 5.26 Å². The Morgan fingerprint density at radius 1 is 0.827 bits per heavy atom. The van der Waals surface area contributed by atoms with Gasteiger partial charge in [0.25, 0.3) is 11.1 Å². The van der Waals surface area contributed by atoms with Crippen LogP contribution < -0.4 is 11.1 Å². The lowest BCUT2D eigenvalue weighted by atomic mass is 9.55. The standard InChI is InChI=1S/C55H55F3N12O4S/c1-31-20-53(21-31,50-64-61-29-66(50)2)34-9-8-10-36(17-34)69-24-40(44-46(49(69)72)63-42(47(44)75(4,73)74)26-68-13-6-5-7-14-68)39-19-38(39)32-15-35(54(27-52(28-54)11-12-52)51-65-62-30-67(51)3)18-37(16-32)70-25-41(55(56,57)58)43-33(22-59)23-60-45(43)48(70)71/h8-10,15-18,23-25,29-31,38-39,60,63H,5-7,11-14,19-21,26-28H2,1-4H3/t31-,38?,39?,53+. The normalized spacial score (nSPS) is 23.1. The van der Waals surface area contributed by atoms with Gasteiger partial charge in [-0.05, 0) is 141 Å². The predicted molar refractivity (Wildman–Crippen MR) is 273 cm³/mol. The van der Waals surface area contributed by atoms with E-state index >= 15 is 18.0 Å². The zero-order valence-corrected chi connectivity index (χ0v) is 42.8. The summed E-state index contributed by atoms with van der Waals surface area (Å²) in [6, 6.07) is 15.3. The number of aryl methyl sites for hydroxylation is 2. The van der Waals surface area contributed by atoms with Crippen LogP contribution in [0.1, 0.15) is 134 Å². The van der Waals surface area contributed by atoms with Crippen LogP contribution in [0.2, 0.25) is 0 Å². The molecule has 0 radical (unpaired) electrons. The van der Waals surface area contributed by atoms with Crippen LogP contribution in [0.25, 0.3) is 33.2 Å². The molecule has 0 amide bonds. The smallest absolute Gasteiger partial charge is 0.355 e. The number of hydrogen-bond acceptors (Lipinski definition) is 10. The second-order valence-electron chi connectivity index (χ2n) is 22.7. The number of fused-ring (bicyclic) bond motifs is 2. The Hall–Kier alpha value is -7.11. The summed E-state index contributed by atoms with van der Waals surface area (Å²) in [4.78, 5) is 38.1. The molecule has 6 aromatic heterocycles. The van der Waals surface area contributed by atoms with E-state index in [1.165, 1.54) is 6.26 Å². The Kier molecular flexibility index (Phi) is 10.4. The van der Waals surface area contributed by atoms with Crippen LogP contribution in [0.3, 0.4) is 0 Å². The van der Waals surface area contributed by atoms with Crippen LogP contribution >= 0.6 is 0 Å². The number of likely N-dealkylation sites (tertiary alicyclic amines) is 1. The average Bonchev–Trinajstić information content (AvgIpc) is 4.08. The van der Waals surface area contributed by atoms with Crippen molar-refractivity contribution in [1.82, 2.24) is 53.5 Å². The van der Waals surface area contributed by atoms with E-state index in [9.17, 15) is 18.5 Å². The third-order valence-corrected chi connectivity index (χ3v) is 18.7. The topological polar surface area (TPSA) is 198 Å². The van der Waals surface area contributed by atoms with Crippen LogP contribution in [0.5, 0.6) is 0 Å². The highest BCUT2D eigenvalue weighted by atomic mass is 32.2. The minimum atomic E-state index is -4.92. The van der Waals surface area contributed by atoms with E-state index in [4.69, 9.17) is 0 Å². The van der Waals surface area contributed by atoms with Crippen molar-refractivity contribution in [3.05, 3.63) is 145 Å². The largest absolute Gasteiger partial charge is 0.418 e. The lowest BCUT2D eigenvalue weighted by Crippen LogP contribution is -2.45. The summed E-state index contributed by atoms with van der Waals surface area (Å²) in [5.41, 5.74) is 0.633. The molecule has 1 aliphatic heterocycles. The maximum atomic E-state index is 15.2. The Morgan fingerprint density at radius 3 is 2.12 bits per heavy atom. The predicted octanol–water partition coefficient (Wildman–Crippen LogP) is 8.34. The molecule has 16 nitrogen and oxygen atoms in total. The number of hydrogen-bond donors (Lipinski definition) is 2. The van der Waals surface area contributed by atoms with Gasteiger partial charge in [0.2, 0.25) is 0 Å². The van der Waals surface area contributed by atoms with Crippen LogP contribution in [-0.4, -0.2) is 81.3 Å². The summed E-state index contributed by atoms with van der Waals surface area (Å²) in [6.45, 7) is 4.09. The van der Waals surface area contributed by atoms with Gasteiger partial charge in [-0.3, -0.25) is 23.6 Å². The van der Waals surface area contributed by atoms with E-state index in [1.807, 2.05) is 41.4 Å². The number of halogens is 3. The van der Waals surface area contributed by atoms with E-state index in [0.717, 1.165) is 110 Å². The zero-order chi connectivity index (χ0) is 52.1. The van der Waals surface area contributed by atoms with Crippen molar-refractivity contribution < 1.29 is 21.6 Å². The fourth-order valence-electron chi connectivity index (χ4n) is 13.9. The molecule has 2 unspecified atom stereocenters. The number of nitriles is 1. The molecule has 20 heteroatoms. The monoisotopic (exact) mass is 1040 g/mol. The van der Waals surface area contributed by atoms with Gasteiger partial charge in [-0.1, -0.05) is 31.5 Å². The summed E-state index contributed by atoms with van der Waals surface area (Å²) in [6.07, 6.45) is 12.1. The number of aromatic nitrogens is 10. The van der Waals surface area contributed by atoms with Gasteiger partial charge < -0.3 is 19.1 Å². The molecule has 8 aromatic rings. The van der Waals surface area contributed by atoms with Gasteiger partial charge in [-0.2, -0.15) is 18.4 Å². The van der Waals surface area contributed by atoms with Gasteiger partial charge in [0.1, 0.15) is 41.4 Å². The minimum Gasteiger partial charge on any atom is -0.355 e. The first kappa shape index (κ1) is 47.6. The molecule has 1 spiro atoms. The Labute approximate surface area is 429 Å². The lowest BCUT2D eigenvalue weighted by molar-refractivity contribution is -0.136. The fourth-order valence-corrected chi connectivity index (χ4v) is 15.1. The summed E-state index contributed by atoms with van der Waals surface area (Å²) in [7, 11) is -0.153. The maximum absolute atomic E-state index is 15.2. The Morgan fingerprint density at radius 2 is 1.49 bits per heavy atom. The highest BCUT2D eigenvalue weighted by molar-refractivity contribution is 7.91. The van der Waals surface area contributed by atoms with Gasteiger partial charge in [0.15, 0.2) is 9.84 Å². The first-order valence-corrected chi connectivity index (χ1v) is 27.6. The van der Waals surface area contributed by atoms with Crippen LogP contribution in [0.4, 0.5) is 13.2 Å². The van der Waals surface area contributed by atoms with Crippen LogP contribution in [0, 0.1) is 22.7 Å². The summed E-state index contributed by atoms with van der Waals surface area (Å²) < 4.78 is 80.2. The fraction of sp³-hybridized carbons (Fsp3) is 0.436. The van der Waals surface area contributed by atoms with E-state index in [-0.39, 0.29) is 44.4 Å². The molecule has 75 heavy (non-hydrogen) atoms. The van der Waals surface area contributed by atoms with E-state index in [0.29, 0.717) is 47.0 Å². The summed E-state index contributed by atoms with van der Waals surface area (Å²) >= 11 is 0. The molecule has 4 saturated carbocycles. The number of nitrogens with one attached hydrogen (secondary N) is 2. The first-order valence-electron chi connectivity index (χ1n) is 25.7. The Bertz CT molecular complexity index is 3960. The van der Waals surface area contributed by atoms with Crippen molar-refractivity contribution >= 4 is 31.6 Å². The molecule has 2 aromatic carbocycles.